The van der Waals surface area contributed by atoms with Gasteiger partial charge in [0.05, 0.1) is 17.7 Å². The molecule has 2 heterocycles. The Morgan fingerprint density at radius 3 is 2.91 bits per heavy atom. The molecule has 1 N–H and O–H groups in total. The number of nitrogens with zero attached hydrogens (tertiary/aromatic N) is 2. The molecule has 0 fully saturated rings. The molecule has 2 aromatic rings. The molecule has 1 aliphatic rings. The molecule has 22 heavy (non-hydrogen) atoms. The molecule has 5 heteroatoms. The van der Waals surface area contributed by atoms with Crippen LogP contribution in [-0.2, 0) is 6.42 Å². The SMILES string of the molecule is CC(C)c1nc(C(=O)N2CCc3ccccc3C2CO)cs1. The van der Waals surface area contributed by atoms with Gasteiger partial charge in [-0.2, -0.15) is 0 Å². The number of hydrogen-bond acceptors (Lipinski definition) is 4. The lowest BCUT2D eigenvalue weighted by atomic mass is 9.93. The molecule has 0 bridgehead atoms. The van der Waals surface area contributed by atoms with Gasteiger partial charge in [0.2, 0.25) is 0 Å². The summed E-state index contributed by atoms with van der Waals surface area (Å²) in [5.74, 6) is 0.235. The number of rotatable bonds is 3. The van der Waals surface area contributed by atoms with Crippen LogP contribution in [0, 0.1) is 0 Å². The van der Waals surface area contributed by atoms with Gasteiger partial charge in [0.25, 0.3) is 5.91 Å². The van der Waals surface area contributed by atoms with Crippen molar-refractivity contribution in [3.8, 4) is 0 Å². The smallest absolute Gasteiger partial charge is 0.273 e. The topological polar surface area (TPSA) is 53.4 Å². The summed E-state index contributed by atoms with van der Waals surface area (Å²) in [5.41, 5.74) is 2.75. The molecule has 1 unspecified atom stereocenters. The molecule has 1 aliphatic heterocycles. The minimum Gasteiger partial charge on any atom is -0.394 e. The number of amides is 1. The zero-order chi connectivity index (χ0) is 15.7. The fourth-order valence-corrected chi connectivity index (χ4v) is 3.70. The molecule has 1 amide bonds. The zero-order valence-electron chi connectivity index (χ0n) is 12.8. The van der Waals surface area contributed by atoms with E-state index in [1.54, 1.807) is 4.90 Å². The Labute approximate surface area is 134 Å². The fourth-order valence-electron chi connectivity index (χ4n) is 2.89. The third kappa shape index (κ3) is 2.66. The minimum atomic E-state index is -0.276. The van der Waals surface area contributed by atoms with E-state index in [2.05, 4.69) is 24.9 Å². The zero-order valence-corrected chi connectivity index (χ0v) is 13.6. The minimum absolute atomic E-state index is 0.0655. The van der Waals surface area contributed by atoms with E-state index in [4.69, 9.17) is 0 Å². The highest BCUT2D eigenvalue weighted by atomic mass is 32.1. The highest BCUT2D eigenvalue weighted by Crippen LogP contribution is 2.31. The van der Waals surface area contributed by atoms with E-state index in [0.717, 1.165) is 17.0 Å². The summed E-state index contributed by atoms with van der Waals surface area (Å²) in [7, 11) is 0. The molecule has 4 nitrogen and oxygen atoms in total. The standard InChI is InChI=1S/C17H20N2O2S/c1-11(2)16-18-14(10-22-16)17(21)19-8-7-12-5-3-4-6-13(12)15(19)9-20/h3-6,10-11,15,20H,7-9H2,1-2H3. The average molecular weight is 316 g/mol. The largest absolute Gasteiger partial charge is 0.394 e. The van der Waals surface area contributed by atoms with Gasteiger partial charge in [0.1, 0.15) is 5.69 Å². The monoisotopic (exact) mass is 316 g/mol. The molecule has 0 aliphatic carbocycles. The number of aliphatic hydroxyl groups is 1. The van der Waals surface area contributed by atoms with Gasteiger partial charge in [0.15, 0.2) is 0 Å². The van der Waals surface area contributed by atoms with Crippen molar-refractivity contribution in [2.24, 2.45) is 0 Å². The second-order valence-electron chi connectivity index (χ2n) is 5.87. The fraction of sp³-hybridized carbons (Fsp3) is 0.412. The van der Waals surface area contributed by atoms with Crippen LogP contribution in [0.1, 0.15) is 52.4 Å². The van der Waals surface area contributed by atoms with Crippen LogP contribution in [0.4, 0.5) is 0 Å². The first kappa shape index (κ1) is 15.2. The van der Waals surface area contributed by atoms with Crippen molar-refractivity contribution in [2.75, 3.05) is 13.2 Å². The molecule has 116 valence electrons. The Morgan fingerprint density at radius 2 is 2.23 bits per heavy atom. The van der Waals surface area contributed by atoms with Gasteiger partial charge in [-0.1, -0.05) is 38.1 Å². The van der Waals surface area contributed by atoms with E-state index in [0.29, 0.717) is 18.2 Å². The summed E-state index contributed by atoms with van der Waals surface area (Å²) in [4.78, 5) is 19.0. The number of hydrogen-bond donors (Lipinski definition) is 1. The summed E-state index contributed by atoms with van der Waals surface area (Å²) in [6.07, 6.45) is 0.819. The lowest BCUT2D eigenvalue weighted by Crippen LogP contribution is -2.41. The van der Waals surface area contributed by atoms with Gasteiger partial charge >= 0.3 is 0 Å². The van der Waals surface area contributed by atoms with Crippen LogP contribution in [0.15, 0.2) is 29.6 Å². The van der Waals surface area contributed by atoms with E-state index in [1.807, 2.05) is 23.6 Å². The average Bonchev–Trinajstić information content (AvgIpc) is 3.03. The Morgan fingerprint density at radius 1 is 1.45 bits per heavy atom. The third-order valence-corrected chi connectivity index (χ3v) is 5.23. The Hall–Kier alpha value is -1.72. The van der Waals surface area contributed by atoms with Gasteiger partial charge in [-0.25, -0.2) is 4.98 Å². The maximum Gasteiger partial charge on any atom is 0.273 e. The number of carbonyl (C=O) groups excluding carboxylic acids is 1. The summed E-state index contributed by atoms with van der Waals surface area (Å²) >= 11 is 1.52. The molecular formula is C17H20N2O2S. The number of benzene rings is 1. The van der Waals surface area contributed by atoms with E-state index >= 15 is 0 Å². The van der Waals surface area contributed by atoms with Gasteiger partial charge in [0, 0.05) is 17.8 Å². The molecule has 1 atom stereocenters. The molecule has 1 aromatic heterocycles. The van der Waals surface area contributed by atoms with Crippen LogP contribution in [0.25, 0.3) is 0 Å². The van der Waals surface area contributed by atoms with Crippen LogP contribution in [0.2, 0.25) is 0 Å². The lowest BCUT2D eigenvalue weighted by molar-refractivity contribution is 0.0563. The van der Waals surface area contributed by atoms with Crippen LogP contribution in [-0.4, -0.2) is 34.0 Å². The first-order valence-electron chi connectivity index (χ1n) is 7.57. The van der Waals surface area contributed by atoms with Crippen LogP contribution in [0.5, 0.6) is 0 Å². The van der Waals surface area contributed by atoms with E-state index in [-0.39, 0.29) is 18.6 Å². The van der Waals surface area contributed by atoms with E-state index in [9.17, 15) is 9.90 Å². The van der Waals surface area contributed by atoms with Crippen LogP contribution < -0.4 is 0 Å². The number of aliphatic hydroxyl groups excluding tert-OH is 1. The van der Waals surface area contributed by atoms with Gasteiger partial charge < -0.3 is 10.0 Å². The summed E-state index contributed by atoms with van der Waals surface area (Å²) in [5, 5.41) is 12.6. The second-order valence-corrected chi connectivity index (χ2v) is 6.76. The van der Waals surface area contributed by atoms with Crippen LogP contribution in [0.3, 0.4) is 0 Å². The number of fused-ring (bicyclic) bond motifs is 1. The first-order chi connectivity index (χ1) is 10.6. The van der Waals surface area contributed by atoms with Crippen molar-refractivity contribution in [1.29, 1.82) is 0 Å². The molecule has 0 spiro atoms. The van der Waals surface area contributed by atoms with E-state index < -0.39 is 0 Å². The van der Waals surface area contributed by atoms with Crippen LogP contribution >= 0.6 is 11.3 Å². The summed E-state index contributed by atoms with van der Waals surface area (Å²) < 4.78 is 0. The van der Waals surface area contributed by atoms with Crippen molar-refractivity contribution in [3.63, 3.8) is 0 Å². The Kier molecular flexibility index (Phi) is 4.27. The van der Waals surface area contributed by atoms with Gasteiger partial charge in [-0.3, -0.25) is 4.79 Å². The predicted octanol–water partition coefficient (Wildman–Crippen LogP) is 3.00. The van der Waals surface area contributed by atoms with Crippen molar-refractivity contribution in [3.05, 3.63) is 51.5 Å². The summed E-state index contributed by atoms with van der Waals surface area (Å²) in [6.45, 7) is 4.70. The lowest BCUT2D eigenvalue weighted by Gasteiger charge is -2.36. The summed E-state index contributed by atoms with van der Waals surface area (Å²) in [6, 6.07) is 7.74. The number of carbonyl (C=O) groups is 1. The quantitative estimate of drug-likeness (QED) is 0.947. The Balaban J connectivity index is 1.89. The van der Waals surface area contributed by atoms with Crippen molar-refractivity contribution in [1.82, 2.24) is 9.88 Å². The normalized spacial score (nSPS) is 17.6. The maximum absolute atomic E-state index is 12.8. The van der Waals surface area contributed by atoms with Gasteiger partial charge in [-0.05, 0) is 17.5 Å². The Bertz CT molecular complexity index is 681. The molecule has 3 rings (SSSR count). The number of aromatic nitrogens is 1. The third-order valence-electron chi connectivity index (χ3n) is 4.08. The molecule has 0 radical (unpaired) electrons. The molecular weight excluding hydrogens is 296 g/mol. The molecule has 0 saturated heterocycles. The first-order valence-corrected chi connectivity index (χ1v) is 8.44. The van der Waals surface area contributed by atoms with Crippen molar-refractivity contribution < 1.29 is 9.90 Å². The maximum atomic E-state index is 12.8. The van der Waals surface area contributed by atoms with Crippen molar-refractivity contribution >= 4 is 17.2 Å². The molecule has 0 saturated carbocycles. The number of thiazole rings is 1. The van der Waals surface area contributed by atoms with Gasteiger partial charge in [-0.15, -0.1) is 11.3 Å². The second kappa shape index (κ2) is 6.18. The highest BCUT2D eigenvalue weighted by molar-refractivity contribution is 7.09. The molecule has 1 aromatic carbocycles. The predicted molar refractivity (Wildman–Crippen MR) is 87.2 cm³/mol. The van der Waals surface area contributed by atoms with Crippen molar-refractivity contribution in [2.45, 2.75) is 32.2 Å². The highest BCUT2D eigenvalue weighted by Gasteiger charge is 2.31. The van der Waals surface area contributed by atoms with E-state index in [1.165, 1.54) is 16.9 Å².